The zero-order valence-corrected chi connectivity index (χ0v) is 17.9. The first-order valence-corrected chi connectivity index (χ1v) is 10.6. The third-order valence-corrected chi connectivity index (χ3v) is 5.40. The van der Waals surface area contributed by atoms with Crippen LogP contribution in [0.15, 0.2) is 47.6 Å². The number of amides is 1. The molecule has 0 aliphatic carbocycles. The molecule has 1 amide bonds. The number of piperidine rings is 1. The molecular weight excluding hydrogens is 376 g/mol. The molecule has 2 aromatic rings. The maximum atomic E-state index is 11.4. The van der Waals surface area contributed by atoms with Gasteiger partial charge in [0.1, 0.15) is 5.82 Å². The summed E-state index contributed by atoms with van der Waals surface area (Å²) in [5.41, 5.74) is 9.00. The predicted octanol–water partition coefficient (Wildman–Crippen LogP) is 2.35. The highest BCUT2D eigenvalue weighted by atomic mass is 16.1. The Bertz CT molecular complexity index is 856. The van der Waals surface area contributed by atoms with Crippen LogP contribution in [0.1, 0.15) is 36.5 Å². The summed E-state index contributed by atoms with van der Waals surface area (Å²) in [5, 5.41) is 6.73. The molecule has 30 heavy (non-hydrogen) atoms. The number of pyridine rings is 1. The van der Waals surface area contributed by atoms with E-state index in [2.05, 4.69) is 64.7 Å². The molecule has 1 aliphatic heterocycles. The van der Waals surface area contributed by atoms with Gasteiger partial charge in [-0.15, -0.1) is 0 Å². The number of guanidine groups is 1. The van der Waals surface area contributed by atoms with Crippen LogP contribution in [0.4, 0.5) is 5.82 Å². The van der Waals surface area contributed by atoms with E-state index in [1.54, 1.807) is 0 Å². The zero-order valence-electron chi connectivity index (χ0n) is 17.9. The third-order valence-electron chi connectivity index (χ3n) is 5.40. The van der Waals surface area contributed by atoms with E-state index in [0.717, 1.165) is 49.8 Å². The Balaban J connectivity index is 1.64. The van der Waals surface area contributed by atoms with E-state index in [1.165, 1.54) is 11.1 Å². The van der Waals surface area contributed by atoms with Gasteiger partial charge in [0.15, 0.2) is 5.96 Å². The number of nitrogens with zero attached hydrogens (tertiary/aromatic N) is 3. The van der Waals surface area contributed by atoms with Crippen LogP contribution in [-0.2, 0) is 17.9 Å². The lowest BCUT2D eigenvalue weighted by Gasteiger charge is -2.32. The molecule has 1 aromatic carbocycles. The van der Waals surface area contributed by atoms with Gasteiger partial charge in [0.25, 0.3) is 0 Å². The van der Waals surface area contributed by atoms with Crippen molar-refractivity contribution >= 4 is 17.7 Å². The lowest BCUT2D eigenvalue weighted by atomic mass is 9.96. The molecule has 1 fully saturated rings. The van der Waals surface area contributed by atoms with Crippen molar-refractivity contribution in [1.82, 2.24) is 15.6 Å². The highest BCUT2D eigenvalue weighted by molar-refractivity contribution is 5.80. The number of anilines is 1. The average molecular weight is 409 g/mol. The summed E-state index contributed by atoms with van der Waals surface area (Å²) in [6.07, 6.45) is 3.37. The molecule has 160 valence electrons. The van der Waals surface area contributed by atoms with Crippen LogP contribution in [0.25, 0.3) is 0 Å². The Labute approximate surface area is 178 Å². The summed E-state index contributed by atoms with van der Waals surface area (Å²) in [7, 11) is 0. The smallest absolute Gasteiger partial charge is 0.220 e. The number of nitrogens with two attached hydrogens (primary N) is 1. The molecule has 1 aliphatic rings. The van der Waals surface area contributed by atoms with Gasteiger partial charge in [0.05, 0.1) is 6.54 Å². The molecule has 0 spiro atoms. The van der Waals surface area contributed by atoms with E-state index < -0.39 is 0 Å². The number of hydrogen-bond donors (Lipinski definition) is 3. The summed E-state index contributed by atoms with van der Waals surface area (Å²) in [6.45, 7) is 7.76. The van der Waals surface area contributed by atoms with Gasteiger partial charge in [0.2, 0.25) is 5.91 Å². The second-order valence-electron chi connectivity index (χ2n) is 7.68. The molecule has 0 bridgehead atoms. The van der Waals surface area contributed by atoms with Crippen molar-refractivity contribution in [2.24, 2.45) is 16.6 Å². The van der Waals surface area contributed by atoms with Gasteiger partial charge in [-0.1, -0.05) is 35.9 Å². The number of carbonyl (C=O) groups excluding carboxylic acids is 1. The van der Waals surface area contributed by atoms with E-state index >= 15 is 0 Å². The number of benzene rings is 1. The molecule has 7 heteroatoms. The van der Waals surface area contributed by atoms with E-state index in [4.69, 9.17) is 10.7 Å². The molecule has 1 saturated heterocycles. The fourth-order valence-electron chi connectivity index (χ4n) is 3.61. The van der Waals surface area contributed by atoms with Gasteiger partial charge in [-0.2, -0.15) is 0 Å². The minimum atomic E-state index is -0.197. The summed E-state index contributed by atoms with van der Waals surface area (Å²) >= 11 is 0. The van der Waals surface area contributed by atoms with Crippen molar-refractivity contribution in [3.8, 4) is 0 Å². The number of hydrogen-bond acceptors (Lipinski definition) is 4. The van der Waals surface area contributed by atoms with Crippen molar-refractivity contribution in [1.29, 1.82) is 0 Å². The lowest BCUT2D eigenvalue weighted by Crippen LogP contribution is -2.40. The van der Waals surface area contributed by atoms with Crippen LogP contribution in [0.5, 0.6) is 0 Å². The normalized spacial score (nSPS) is 15.1. The van der Waals surface area contributed by atoms with Gasteiger partial charge in [-0.05, 0) is 38.3 Å². The monoisotopic (exact) mass is 408 g/mol. The number of aryl methyl sites for hydroxylation is 1. The predicted molar refractivity (Wildman–Crippen MR) is 121 cm³/mol. The number of nitrogens with one attached hydrogen (secondary N) is 2. The number of carbonyl (C=O) groups is 1. The van der Waals surface area contributed by atoms with E-state index in [1.807, 2.05) is 12.3 Å². The molecule has 0 unspecified atom stereocenters. The Morgan fingerprint density at radius 1 is 1.20 bits per heavy atom. The first kappa shape index (κ1) is 21.6. The molecule has 0 saturated carbocycles. The van der Waals surface area contributed by atoms with Crippen molar-refractivity contribution in [2.75, 3.05) is 24.5 Å². The molecule has 4 N–H and O–H groups in total. The maximum Gasteiger partial charge on any atom is 0.220 e. The molecule has 0 radical (unpaired) electrons. The Hall–Kier alpha value is -3.09. The molecular formula is C23H32N6O. The largest absolute Gasteiger partial charge is 0.369 e. The topological polar surface area (TPSA) is 95.6 Å². The van der Waals surface area contributed by atoms with Gasteiger partial charge in [0, 0.05) is 43.9 Å². The Kier molecular flexibility index (Phi) is 7.65. The van der Waals surface area contributed by atoms with Crippen molar-refractivity contribution in [2.45, 2.75) is 39.8 Å². The van der Waals surface area contributed by atoms with Crippen LogP contribution in [0.2, 0.25) is 0 Å². The average Bonchev–Trinajstić information content (AvgIpc) is 2.77. The number of primary amides is 1. The second kappa shape index (κ2) is 10.6. The number of aromatic nitrogens is 1. The van der Waals surface area contributed by atoms with Crippen LogP contribution in [0, 0.1) is 12.8 Å². The maximum absolute atomic E-state index is 11.4. The SMILES string of the molecule is CCNC(=NCc1ccc(C)cc1)NCc1cccnc1N1CCC(C(N)=O)CC1. The summed E-state index contributed by atoms with van der Waals surface area (Å²) in [5.74, 6) is 1.51. The highest BCUT2D eigenvalue weighted by Crippen LogP contribution is 2.24. The Morgan fingerprint density at radius 3 is 2.60 bits per heavy atom. The zero-order chi connectivity index (χ0) is 21.3. The molecule has 2 heterocycles. The summed E-state index contributed by atoms with van der Waals surface area (Å²) in [6, 6.07) is 12.5. The fraction of sp³-hybridized carbons (Fsp3) is 0.435. The van der Waals surface area contributed by atoms with E-state index in [0.29, 0.717) is 13.1 Å². The summed E-state index contributed by atoms with van der Waals surface area (Å²) < 4.78 is 0. The number of aliphatic imine (C=N–C) groups is 1. The van der Waals surface area contributed by atoms with Gasteiger partial charge >= 0.3 is 0 Å². The van der Waals surface area contributed by atoms with Gasteiger partial charge < -0.3 is 21.3 Å². The van der Waals surface area contributed by atoms with Crippen LogP contribution < -0.4 is 21.3 Å². The standard InChI is InChI=1S/C23H32N6O/c1-3-25-23(27-15-18-8-6-17(2)7-9-18)28-16-20-5-4-12-26-22(20)29-13-10-19(11-14-29)21(24)30/h4-9,12,19H,3,10-11,13-16H2,1-2H3,(H2,24,30)(H2,25,27,28). The second-order valence-corrected chi connectivity index (χ2v) is 7.68. The van der Waals surface area contributed by atoms with Crippen LogP contribution in [0.3, 0.4) is 0 Å². The van der Waals surface area contributed by atoms with Crippen molar-refractivity contribution in [3.63, 3.8) is 0 Å². The third kappa shape index (κ3) is 5.95. The number of rotatable bonds is 7. The molecule has 1 aromatic heterocycles. The molecule has 0 atom stereocenters. The lowest BCUT2D eigenvalue weighted by molar-refractivity contribution is -0.122. The van der Waals surface area contributed by atoms with E-state index in [-0.39, 0.29) is 11.8 Å². The minimum absolute atomic E-state index is 0.0270. The van der Waals surface area contributed by atoms with Crippen molar-refractivity contribution in [3.05, 3.63) is 59.3 Å². The molecule has 7 nitrogen and oxygen atoms in total. The minimum Gasteiger partial charge on any atom is -0.369 e. The first-order chi connectivity index (χ1) is 14.6. The fourth-order valence-corrected chi connectivity index (χ4v) is 3.61. The van der Waals surface area contributed by atoms with Crippen LogP contribution >= 0.6 is 0 Å². The van der Waals surface area contributed by atoms with E-state index in [9.17, 15) is 4.79 Å². The van der Waals surface area contributed by atoms with Gasteiger partial charge in [-0.25, -0.2) is 9.98 Å². The van der Waals surface area contributed by atoms with Crippen LogP contribution in [-0.4, -0.2) is 36.5 Å². The Morgan fingerprint density at radius 2 is 1.93 bits per heavy atom. The summed E-state index contributed by atoms with van der Waals surface area (Å²) in [4.78, 5) is 23.0. The van der Waals surface area contributed by atoms with Crippen molar-refractivity contribution < 1.29 is 4.79 Å². The first-order valence-electron chi connectivity index (χ1n) is 10.6. The highest BCUT2D eigenvalue weighted by Gasteiger charge is 2.24. The molecule has 3 rings (SSSR count). The quantitative estimate of drug-likeness (QED) is 0.483. The van der Waals surface area contributed by atoms with Gasteiger partial charge in [-0.3, -0.25) is 4.79 Å².